The largest absolute Gasteiger partial charge is 0.497 e. The first-order valence-corrected chi connectivity index (χ1v) is 10.7. The van der Waals surface area contributed by atoms with Gasteiger partial charge < -0.3 is 14.7 Å². The van der Waals surface area contributed by atoms with Crippen molar-refractivity contribution < 1.29 is 19.0 Å². The quantitative estimate of drug-likeness (QED) is 0.508. The van der Waals surface area contributed by atoms with E-state index in [1.807, 2.05) is 47.4 Å². The Morgan fingerprint density at radius 1 is 1.12 bits per heavy atom. The highest BCUT2D eigenvalue weighted by Gasteiger charge is 2.33. The molecule has 1 heterocycles. The van der Waals surface area contributed by atoms with Gasteiger partial charge in [0.1, 0.15) is 17.7 Å². The number of rotatable bonds is 6. The molecule has 0 aromatic heterocycles. The van der Waals surface area contributed by atoms with Crippen molar-refractivity contribution in [2.24, 2.45) is 0 Å². The van der Waals surface area contributed by atoms with Crippen LogP contribution >= 0.6 is 11.6 Å². The molecule has 0 saturated carbocycles. The lowest BCUT2D eigenvalue weighted by Crippen LogP contribution is -2.34. The molecular weight excluding hydrogens is 429 g/mol. The highest BCUT2D eigenvalue weighted by atomic mass is 35.5. The standard InChI is InChI=1S/C26H23ClFNO3/c1-16(30)26(31)15-25-23-14-20(28)8-3-18(23)13-24(17-4-11-22(32-2)12-5-17)29(25)21-9-6-19(27)7-10-21/h3-14,16,25,30H,15H2,1-2H3. The number of anilines is 1. The third-order valence-corrected chi connectivity index (χ3v) is 5.87. The van der Waals surface area contributed by atoms with E-state index in [1.54, 1.807) is 25.3 Å². The van der Waals surface area contributed by atoms with Gasteiger partial charge in [-0.25, -0.2) is 4.39 Å². The fraction of sp³-hybridized carbons (Fsp3) is 0.192. The van der Waals surface area contributed by atoms with Gasteiger partial charge >= 0.3 is 0 Å². The summed E-state index contributed by atoms with van der Waals surface area (Å²) in [5.41, 5.74) is 4.06. The number of benzene rings is 3. The fourth-order valence-corrected chi connectivity index (χ4v) is 4.08. The highest BCUT2D eigenvalue weighted by molar-refractivity contribution is 6.30. The lowest BCUT2D eigenvalue weighted by atomic mass is 9.87. The summed E-state index contributed by atoms with van der Waals surface area (Å²) in [6.45, 7) is 1.45. The van der Waals surface area contributed by atoms with Gasteiger partial charge in [0.05, 0.1) is 13.2 Å². The van der Waals surface area contributed by atoms with E-state index in [2.05, 4.69) is 0 Å². The van der Waals surface area contributed by atoms with Crippen LogP contribution in [0, 0.1) is 5.82 Å². The molecule has 2 atom stereocenters. The monoisotopic (exact) mass is 451 g/mol. The topological polar surface area (TPSA) is 49.8 Å². The van der Waals surface area contributed by atoms with Crippen LogP contribution in [-0.4, -0.2) is 24.1 Å². The van der Waals surface area contributed by atoms with E-state index >= 15 is 0 Å². The van der Waals surface area contributed by atoms with Gasteiger partial charge in [0, 0.05) is 22.8 Å². The minimum atomic E-state index is -1.12. The average Bonchev–Trinajstić information content (AvgIpc) is 2.79. The van der Waals surface area contributed by atoms with Crippen molar-refractivity contribution in [1.82, 2.24) is 0 Å². The van der Waals surface area contributed by atoms with Crippen LogP contribution in [0.1, 0.15) is 36.1 Å². The Kier molecular flexibility index (Phi) is 6.31. The number of carbonyl (C=O) groups is 1. The first-order valence-electron chi connectivity index (χ1n) is 10.3. The number of halogens is 2. The van der Waals surface area contributed by atoms with E-state index < -0.39 is 12.1 Å². The molecule has 0 aliphatic carbocycles. The van der Waals surface area contributed by atoms with E-state index in [-0.39, 0.29) is 18.0 Å². The van der Waals surface area contributed by atoms with Crippen molar-refractivity contribution in [3.8, 4) is 5.75 Å². The molecule has 0 amide bonds. The highest BCUT2D eigenvalue weighted by Crippen LogP contribution is 2.44. The summed E-state index contributed by atoms with van der Waals surface area (Å²) < 4.78 is 19.5. The Hall–Kier alpha value is -3.15. The number of carbonyl (C=O) groups excluding carboxylic acids is 1. The molecule has 0 fully saturated rings. The number of nitrogens with zero attached hydrogens (tertiary/aromatic N) is 1. The van der Waals surface area contributed by atoms with Crippen molar-refractivity contribution in [3.63, 3.8) is 0 Å². The maximum atomic E-state index is 14.2. The number of aliphatic hydroxyl groups is 1. The molecule has 3 aromatic rings. The predicted octanol–water partition coefficient (Wildman–Crippen LogP) is 5.89. The lowest BCUT2D eigenvalue weighted by Gasteiger charge is -2.40. The summed E-state index contributed by atoms with van der Waals surface area (Å²) in [7, 11) is 1.61. The zero-order valence-corrected chi connectivity index (χ0v) is 18.5. The van der Waals surface area contributed by atoms with Gasteiger partial charge in [0.2, 0.25) is 0 Å². The Morgan fingerprint density at radius 2 is 1.81 bits per heavy atom. The van der Waals surface area contributed by atoms with E-state index in [1.165, 1.54) is 19.1 Å². The molecule has 1 aliphatic heterocycles. The van der Waals surface area contributed by atoms with Crippen molar-refractivity contribution in [2.75, 3.05) is 12.0 Å². The number of Topliss-reactive ketones (excluding diaryl/α,β-unsaturated/α-hetero) is 1. The van der Waals surface area contributed by atoms with Crippen LogP contribution in [0.3, 0.4) is 0 Å². The minimum absolute atomic E-state index is 0.0181. The van der Waals surface area contributed by atoms with Crippen LogP contribution in [-0.2, 0) is 4.79 Å². The summed E-state index contributed by atoms with van der Waals surface area (Å²) in [5, 5.41) is 10.5. The zero-order valence-electron chi connectivity index (χ0n) is 17.8. The van der Waals surface area contributed by atoms with Crippen molar-refractivity contribution in [3.05, 3.63) is 94.3 Å². The smallest absolute Gasteiger partial charge is 0.163 e. The molecule has 4 rings (SSSR count). The second-order valence-electron chi connectivity index (χ2n) is 7.74. The minimum Gasteiger partial charge on any atom is -0.497 e. The molecule has 32 heavy (non-hydrogen) atoms. The summed E-state index contributed by atoms with van der Waals surface area (Å²) in [6, 6.07) is 19.0. The molecule has 0 spiro atoms. The lowest BCUT2D eigenvalue weighted by molar-refractivity contribution is -0.126. The van der Waals surface area contributed by atoms with Crippen LogP contribution < -0.4 is 9.64 Å². The second kappa shape index (κ2) is 9.15. The van der Waals surface area contributed by atoms with Gasteiger partial charge in [0.25, 0.3) is 0 Å². The number of hydrogen-bond acceptors (Lipinski definition) is 4. The first-order chi connectivity index (χ1) is 15.4. The van der Waals surface area contributed by atoms with Gasteiger partial charge in [-0.1, -0.05) is 17.7 Å². The summed E-state index contributed by atoms with van der Waals surface area (Å²) in [6.07, 6.45) is 0.883. The molecule has 6 heteroatoms. The maximum absolute atomic E-state index is 14.2. The third kappa shape index (κ3) is 4.40. The van der Waals surface area contributed by atoms with Gasteiger partial charge in [-0.15, -0.1) is 0 Å². The first kappa shape index (κ1) is 22.1. The molecule has 0 radical (unpaired) electrons. The number of ketones is 1. The number of methoxy groups -OCH3 is 1. The van der Waals surface area contributed by atoms with Gasteiger partial charge in [0.15, 0.2) is 5.78 Å². The van der Waals surface area contributed by atoms with Crippen molar-refractivity contribution in [2.45, 2.75) is 25.5 Å². The van der Waals surface area contributed by atoms with Gasteiger partial charge in [-0.3, -0.25) is 4.79 Å². The van der Waals surface area contributed by atoms with Crippen molar-refractivity contribution >= 4 is 34.8 Å². The molecule has 164 valence electrons. The summed E-state index contributed by atoms with van der Waals surface area (Å²) in [4.78, 5) is 14.6. The SMILES string of the molecule is COc1ccc(C2=Cc3ccc(F)cc3C(CC(=O)C(C)O)N2c2ccc(Cl)cc2)cc1. The summed E-state index contributed by atoms with van der Waals surface area (Å²) >= 11 is 6.12. The van der Waals surface area contributed by atoms with E-state index in [0.717, 1.165) is 28.3 Å². The normalized spacial score (nSPS) is 16.2. The Morgan fingerprint density at radius 3 is 2.44 bits per heavy atom. The molecule has 1 N–H and O–H groups in total. The predicted molar refractivity (Wildman–Crippen MR) is 125 cm³/mol. The Balaban J connectivity index is 1.92. The van der Waals surface area contributed by atoms with Crippen molar-refractivity contribution in [1.29, 1.82) is 0 Å². The van der Waals surface area contributed by atoms with Gasteiger partial charge in [-0.2, -0.15) is 0 Å². The number of hydrogen-bond donors (Lipinski definition) is 1. The molecular formula is C26H23ClFNO3. The van der Waals surface area contributed by atoms with Crippen LogP contribution in [0.2, 0.25) is 5.02 Å². The van der Waals surface area contributed by atoms with E-state index in [9.17, 15) is 14.3 Å². The Labute approximate surface area is 191 Å². The molecule has 2 unspecified atom stereocenters. The fourth-order valence-electron chi connectivity index (χ4n) is 3.96. The summed E-state index contributed by atoms with van der Waals surface area (Å²) in [5.74, 6) is 0.0299. The van der Waals surface area contributed by atoms with Crippen LogP contribution in [0.4, 0.5) is 10.1 Å². The van der Waals surface area contributed by atoms with Crippen LogP contribution in [0.25, 0.3) is 11.8 Å². The maximum Gasteiger partial charge on any atom is 0.163 e. The number of fused-ring (bicyclic) bond motifs is 1. The molecule has 0 saturated heterocycles. The molecule has 1 aliphatic rings. The van der Waals surface area contributed by atoms with E-state index in [0.29, 0.717) is 10.6 Å². The van der Waals surface area contributed by atoms with Gasteiger partial charge in [-0.05, 0) is 90.4 Å². The Bertz CT molecular complexity index is 1160. The van der Waals surface area contributed by atoms with E-state index in [4.69, 9.17) is 16.3 Å². The van der Waals surface area contributed by atoms with Crippen LogP contribution in [0.15, 0.2) is 66.7 Å². The number of aliphatic hydroxyl groups excluding tert-OH is 1. The second-order valence-corrected chi connectivity index (χ2v) is 8.18. The number of ether oxygens (including phenoxy) is 1. The molecule has 3 aromatic carbocycles. The molecule has 4 nitrogen and oxygen atoms in total. The molecule has 0 bridgehead atoms. The third-order valence-electron chi connectivity index (χ3n) is 5.62. The van der Waals surface area contributed by atoms with Crippen LogP contribution in [0.5, 0.6) is 5.75 Å². The zero-order chi connectivity index (χ0) is 22.8. The average molecular weight is 452 g/mol.